The van der Waals surface area contributed by atoms with Crippen molar-refractivity contribution in [1.29, 1.82) is 0 Å². The van der Waals surface area contributed by atoms with Gasteiger partial charge in [0.15, 0.2) is 0 Å². The average molecular weight is 550 g/mol. The van der Waals surface area contributed by atoms with Gasteiger partial charge in [0.25, 0.3) is 18.1 Å². The summed E-state index contributed by atoms with van der Waals surface area (Å²) in [5, 5.41) is 1.48. The predicted octanol–water partition coefficient (Wildman–Crippen LogP) is 7.56. The Bertz CT molecular complexity index is 1340. The van der Waals surface area contributed by atoms with E-state index in [4.69, 9.17) is 21.4 Å². The minimum Gasteiger partial charge on any atom is -0.207 e. The summed E-state index contributed by atoms with van der Waals surface area (Å²) < 4.78 is 48.3. The van der Waals surface area contributed by atoms with Gasteiger partial charge < -0.3 is 0 Å². The van der Waals surface area contributed by atoms with Crippen LogP contribution in [-0.2, 0) is 30.9 Å². The molecule has 0 aliphatic carbocycles. The summed E-state index contributed by atoms with van der Waals surface area (Å²) in [7, 11) is 3.68. The fourth-order valence-electron chi connectivity index (χ4n) is 3.46. The van der Waals surface area contributed by atoms with Crippen LogP contribution < -0.4 is 0 Å². The first kappa shape index (κ1) is 25.5. The van der Waals surface area contributed by atoms with Crippen LogP contribution in [0.15, 0.2) is 58.3 Å². The van der Waals surface area contributed by atoms with E-state index in [9.17, 15) is 16.8 Å². The molecule has 0 atom stereocenters. The van der Waals surface area contributed by atoms with Gasteiger partial charge in [-0.15, -0.1) is 22.7 Å². The van der Waals surface area contributed by atoms with Crippen molar-refractivity contribution in [1.82, 2.24) is 0 Å². The highest BCUT2D eigenvalue weighted by atomic mass is 35.7. The Hall–Kier alpha value is -1.16. The van der Waals surface area contributed by atoms with Gasteiger partial charge in [-0.3, -0.25) is 0 Å². The van der Waals surface area contributed by atoms with E-state index in [2.05, 4.69) is 0 Å². The lowest BCUT2D eigenvalue weighted by Crippen LogP contribution is -1.93. The lowest BCUT2D eigenvalue weighted by atomic mass is 10.2. The van der Waals surface area contributed by atoms with Crippen LogP contribution in [-0.4, -0.2) is 16.8 Å². The van der Waals surface area contributed by atoms with Crippen molar-refractivity contribution in [2.75, 3.05) is 0 Å². The summed E-state index contributed by atoms with van der Waals surface area (Å²) in [6, 6.07) is 14.9. The third-order valence-corrected chi connectivity index (χ3v) is 10.2. The van der Waals surface area contributed by atoms with Crippen LogP contribution in [0.5, 0.6) is 0 Å². The van der Waals surface area contributed by atoms with Gasteiger partial charge in [-0.1, -0.05) is 63.1 Å². The smallest absolute Gasteiger partial charge is 0.207 e. The molecule has 0 aliphatic heterocycles. The van der Waals surface area contributed by atoms with Crippen LogP contribution in [0.25, 0.3) is 20.2 Å². The topological polar surface area (TPSA) is 68.3 Å². The highest BCUT2D eigenvalue weighted by Crippen LogP contribution is 2.38. The molecule has 4 nitrogen and oxygen atoms in total. The van der Waals surface area contributed by atoms with Gasteiger partial charge in [0.2, 0.25) is 0 Å². The van der Waals surface area contributed by atoms with Crippen molar-refractivity contribution in [3.63, 3.8) is 0 Å². The van der Waals surface area contributed by atoms with Gasteiger partial charge in [-0.25, -0.2) is 16.8 Å². The third-order valence-electron chi connectivity index (χ3n) is 4.68. The minimum atomic E-state index is -3.66. The molecule has 0 N–H and O–H groups in total. The summed E-state index contributed by atoms with van der Waals surface area (Å²) in [4.78, 5) is 2.32. The molecule has 2 aromatic carbocycles. The van der Waals surface area contributed by atoms with E-state index in [-0.39, 0.29) is 0 Å². The molecular weight excluding hydrogens is 527 g/mol. The maximum atomic E-state index is 11.6. The average Bonchev–Trinajstić information content (AvgIpc) is 3.26. The summed E-state index contributed by atoms with van der Waals surface area (Å²) in [5.74, 6) is 0. The van der Waals surface area contributed by atoms with Gasteiger partial charge in [0.1, 0.15) is 9.79 Å². The molecule has 4 aromatic rings. The molecule has 0 spiro atoms. The fourth-order valence-corrected chi connectivity index (χ4v) is 9.86. The summed E-state index contributed by atoms with van der Waals surface area (Å²) in [5.41, 5.74) is 0. The summed E-state index contributed by atoms with van der Waals surface area (Å²) in [6.45, 7) is 4.05. The van der Waals surface area contributed by atoms with E-state index in [1.165, 1.54) is 22.7 Å². The Morgan fingerprint density at radius 3 is 1.31 bits per heavy atom. The van der Waals surface area contributed by atoms with Crippen LogP contribution in [0.3, 0.4) is 0 Å². The van der Waals surface area contributed by atoms with Crippen molar-refractivity contribution in [3.8, 4) is 0 Å². The second-order valence-electron chi connectivity index (χ2n) is 7.08. The Morgan fingerprint density at radius 2 is 1.00 bits per heavy atom. The number of fused-ring (bicyclic) bond motifs is 2. The molecule has 0 radical (unpaired) electrons. The Labute approximate surface area is 205 Å². The minimum absolute atomic E-state index is 0.302. The second kappa shape index (κ2) is 10.4. The SMILES string of the molecule is CCCc1sc2ccccc2c1S(=O)(=O)Cl.CCCc1sc2ccccc2c1S(=O)(=O)Cl. The molecule has 4 rings (SSSR count). The zero-order chi connectivity index (χ0) is 23.5. The van der Waals surface area contributed by atoms with E-state index < -0.39 is 18.1 Å². The maximum Gasteiger partial charge on any atom is 0.263 e. The molecule has 0 saturated carbocycles. The zero-order valence-corrected chi connectivity index (χ0v) is 22.2. The van der Waals surface area contributed by atoms with Gasteiger partial charge in [0.05, 0.1) is 0 Å². The van der Waals surface area contributed by atoms with Crippen LogP contribution in [0.1, 0.15) is 36.4 Å². The first-order chi connectivity index (χ1) is 15.1. The molecule has 10 heteroatoms. The Morgan fingerprint density at radius 1 is 0.656 bits per heavy atom. The highest BCUT2D eigenvalue weighted by molar-refractivity contribution is 8.14. The normalized spacial score (nSPS) is 12.1. The summed E-state index contributed by atoms with van der Waals surface area (Å²) >= 11 is 3.02. The van der Waals surface area contributed by atoms with E-state index in [1.807, 2.05) is 50.2 Å². The fraction of sp³-hybridized carbons (Fsp3) is 0.273. The van der Waals surface area contributed by atoms with Crippen molar-refractivity contribution >= 4 is 82.3 Å². The number of hydrogen-bond acceptors (Lipinski definition) is 6. The number of aryl methyl sites for hydroxylation is 2. The lowest BCUT2D eigenvalue weighted by Gasteiger charge is -1.98. The molecule has 0 aliphatic rings. The molecule has 0 fully saturated rings. The first-order valence-corrected chi connectivity index (χ1v) is 16.2. The second-order valence-corrected chi connectivity index (χ2v) is 14.4. The molecule has 0 unspecified atom stereocenters. The maximum absolute atomic E-state index is 11.6. The lowest BCUT2D eigenvalue weighted by molar-refractivity contribution is 0.608. The van der Waals surface area contributed by atoms with Crippen molar-refractivity contribution in [2.24, 2.45) is 0 Å². The number of hydrogen-bond donors (Lipinski definition) is 0. The van der Waals surface area contributed by atoms with Crippen LogP contribution in [0.2, 0.25) is 0 Å². The van der Waals surface area contributed by atoms with Gasteiger partial charge in [0, 0.05) is 51.3 Å². The van der Waals surface area contributed by atoms with Crippen molar-refractivity contribution in [2.45, 2.75) is 49.3 Å². The number of halogens is 2. The summed E-state index contributed by atoms with van der Waals surface area (Å²) in [6.07, 6.45) is 3.32. The monoisotopic (exact) mass is 548 g/mol. The molecule has 2 heterocycles. The molecule has 32 heavy (non-hydrogen) atoms. The van der Waals surface area contributed by atoms with Crippen LogP contribution in [0, 0.1) is 0 Å². The molecule has 0 saturated heterocycles. The quantitative estimate of drug-likeness (QED) is 0.233. The molecule has 172 valence electrons. The van der Waals surface area contributed by atoms with E-state index in [1.54, 1.807) is 12.1 Å². The van der Waals surface area contributed by atoms with Crippen molar-refractivity contribution < 1.29 is 16.8 Å². The van der Waals surface area contributed by atoms with E-state index in [0.29, 0.717) is 9.79 Å². The zero-order valence-electron chi connectivity index (χ0n) is 17.5. The van der Waals surface area contributed by atoms with Gasteiger partial charge in [-0.05, 0) is 25.0 Å². The van der Waals surface area contributed by atoms with Crippen LogP contribution >= 0.6 is 44.0 Å². The largest absolute Gasteiger partial charge is 0.263 e. The van der Waals surface area contributed by atoms with E-state index in [0.717, 1.165) is 55.6 Å². The standard InChI is InChI=1S/2C11H11ClO2S2/c2*1-2-5-10-11(16(12,13)14)8-6-3-4-7-9(8)15-10/h2*3-4,6-7H,2,5H2,1H3. The Balaban J connectivity index is 0.000000181. The number of rotatable bonds is 6. The van der Waals surface area contributed by atoms with Crippen molar-refractivity contribution in [3.05, 3.63) is 58.3 Å². The number of thiophene rings is 2. The van der Waals surface area contributed by atoms with Gasteiger partial charge in [-0.2, -0.15) is 0 Å². The molecule has 0 bridgehead atoms. The molecule has 2 aromatic heterocycles. The van der Waals surface area contributed by atoms with Crippen LogP contribution in [0.4, 0.5) is 0 Å². The molecule has 0 amide bonds. The Kier molecular flexibility index (Phi) is 8.28. The highest BCUT2D eigenvalue weighted by Gasteiger charge is 2.22. The van der Waals surface area contributed by atoms with E-state index >= 15 is 0 Å². The predicted molar refractivity (Wildman–Crippen MR) is 138 cm³/mol. The van der Waals surface area contributed by atoms with Gasteiger partial charge >= 0.3 is 0 Å². The third kappa shape index (κ3) is 5.66. The molecular formula is C22H22Cl2O4S4. The first-order valence-electron chi connectivity index (χ1n) is 9.98. The number of benzene rings is 2.